The van der Waals surface area contributed by atoms with Crippen molar-refractivity contribution >= 4 is 11.3 Å². The van der Waals surface area contributed by atoms with Crippen molar-refractivity contribution in [3.05, 3.63) is 16.1 Å². The highest BCUT2D eigenvalue weighted by atomic mass is 32.1. The lowest BCUT2D eigenvalue weighted by Gasteiger charge is -2.03. The molecule has 4 heteroatoms. The van der Waals surface area contributed by atoms with E-state index in [-0.39, 0.29) is 6.10 Å². The topological polar surface area (TPSA) is 34.2 Å². The molecule has 0 saturated carbocycles. The van der Waals surface area contributed by atoms with E-state index in [1.165, 1.54) is 6.42 Å². The second-order valence-electron chi connectivity index (χ2n) is 3.20. The molecule has 1 unspecified atom stereocenters. The second kappa shape index (κ2) is 4.17. The van der Waals surface area contributed by atoms with Crippen LogP contribution in [0.25, 0.3) is 0 Å². The first-order valence-electron chi connectivity index (χ1n) is 4.60. The standard InChI is InChI=1S/C9H14N2OS/c1-10-5-9-11-7(6-13-9)8-3-2-4-12-8/h6,8,10H,2-5H2,1H3. The molecule has 2 rings (SSSR count). The van der Waals surface area contributed by atoms with Crippen LogP contribution in [0.5, 0.6) is 0 Å². The third-order valence-corrected chi connectivity index (χ3v) is 3.02. The lowest BCUT2D eigenvalue weighted by atomic mass is 10.2. The van der Waals surface area contributed by atoms with E-state index >= 15 is 0 Å². The lowest BCUT2D eigenvalue weighted by Crippen LogP contribution is -2.05. The molecule has 0 bridgehead atoms. The van der Waals surface area contributed by atoms with Gasteiger partial charge in [0.25, 0.3) is 0 Å². The van der Waals surface area contributed by atoms with Gasteiger partial charge in [0.2, 0.25) is 0 Å². The van der Waals surface area contributed by atoms with Gasteiger partial charge in [0.1, 0.15) is 11.1 Å². The zero-order valence-electron chi connectivity index (χ0n) is 7.75. The Hall–Kier alpha value is -0.450. The summed E-state index contributed by atoms with van der Waals surface area (Å²) >= 11 is 1.71. The van der Waals surface area contributed by atoms with Crippen LogP contribution >= 0.6 is 11.3 Å². The van der Waals surface area contributed by atoms with Crippen LogP contribution < -0.4 is 5.32 Å². The fourth-order valence-corrected chi connectivity index (χ4v) is 2.36. The van der Waals surface area contributed by atoms with Gasteiger partial charge in [-0.05, 0) is 19.9 Å². The Morgan fingerprint density at radius 3 is 3.38 bits per heavy atom. The fraction of sp³-hybridized carbons (Fsp3) is 0.667. The quantitative estimate of drug-likeness (QED) is 0.803. The molecule has 1 atom stereocenters. The van der Waals surface area contributed by atoms with Crippen LogP contribution in [0.3, 0.4) is 0 Å². The maximum atomic E-state index is 5.55. The third kappa shape index (κ3) is 2.07. The smallest absolute Gasteiger partial charge is 0.107 e. The number of hydrogen-bond donors (Lipinski definition) is 1. The van der Waals surface area contributed by atoms with Crippen molar-refractivity contribution in [3.8, 4) is 0 Å². The van der Waals surface area contributed by atoms with Crippen molar-refractivity contribution in [2.45, 2.75) is 25.5 Å². The minimum absolute atomic E-state index is 0.266. The second-order valence-corrected chi connectivity index (χ2v) is 4.14. The summed E-state index contributed by atoms with van der Waals surface area (Å²) < 4.78 is 5.55. The van der Waals surface area contributed by atoms with Crippen molar-refractivity contribution in [3.63, 3.8) is 0 Å². The molecule has 1 aliphatic rings. The molecule has 1 N–H and O–H groups in total. The highest BCUT2D eigenvalue weighted by molar-refractivity contribution is 7.09. The first-order chi connectivity index (χ1) is 6.40. The number of nitrogens with zero attached hydrogens (tertiary/aromatic N) is 1. The van der Waals surface area contributed by atoms with Crippen LogP contribution in [0.15, 0.2) is 5.38 Å². The van der Waals surface area contributed by atoms with Gasteiger partial charge < -0.3 is 10.1 Å². The molecule has 0 aliphatic carbocycles. The SMILES string of the molecule is CNCc1nc(C2CCCO2)cs1. The lowest BCUT2D eigenvalue weighted by molar-refractivity contribution is 0.109. The molecule has 1 fully saturated rings. The molecule has 13 heavy (non-hydrogen) atoms. The van der Waals surface area contributed by atoms with Crippen molar-refractivity contribution in [2.75, 3.05) is 13.7 Å². The molecular formula is C9H14N2OS. The molecule has 1 aromatic heterocycles. The van der Waals surface area contributed by atoms with Crippen LogP contribution in [-0.4, -0.2) is 18.6 Å². The van der Waals surface area contributed by atoms with Crippen molar-refractivity contribution < 1.29 is 4.74 Å². The van der Waals surface area contributed by atoms with Gasteiger partial charge in [-0.15, -0.1) is 11.3 Å². The predicted molar refractivity (Wildman–Crippen MR) is 52.8 cm³/mol. The van der Waals surface area contributed by atoms with Gasteiger partial charge >= 0.3 is 0 Å². The van der Waals surface area contributed by atoms with Crippen molar-refractivity contribution in [2.24, 2.45) is 0 Å². The molecule has 1 aromatic rings. The maximum absolute atomic E-state index is 5.55. The Labute approximate surface area is 82.1 Å². The Morgan fingerprint density at radius 1 is 1.77 bits per heavy atom. The summed E-state index contributed by atoms with van der Waals surface area (Å²) in [5.74, 6) is 0. The van der Waals surface area contributed by atoms with Crippen LogP contribution in [0, 0.1) is 0 Å². The molecule has 1 saturated heterocycles. The highest BCUT2D eigenvalue weighted by Gasteiger charge is 2.19. The van der Waals surface area contributed by atoms with Gasteiger partial charge in [0.15, 0.2) is 0 Å². The van der Waals surface area contributed by atoms with Crippen molar-refractivity contribution in [1.29, 1.82) is 0 Å². The summed E-state index contributed by atoms with van der Waals surface area (Å²) in [6, 6.07) is 0. The average Bonchev–Trinajstić information content (AvgIpc) is 2.70. The van der Waals surface area contributed by atoms with Gasteiger partial charge in [0, 0.05) is 18.5 Å². The summed E-state index contributed by atoms with van der Waals surface area (Å²) in [6.07, 6.45) is 2.56. The summed E-state index contributed by atoms with van der Waals surface area (Å²) in [6.45, 7) is 1.75. The van der Waals surface area contributed by atoms with E-state index in [0.717, 1.165) is 30.3 Å². The first kappa shape index (κ1) is 9.12. The summed E-state index contributed by atoms with van der Waals surface area (Å²) in [4.78, 5) is 4.51. The largest absolute Gasteiger partial charge is 0.372 e. The van der Waals surface area contributed by atoms with Gasteiger partial charge in [-0.3, -0.25) is 0 Å². The van der Waals surface area contributed by atoms with Crippen LogP contribution in [0.2, 0.25) is 0 Å². The molecule has 0 amide bonds. The Balaban J connectivity index is 2.03. The first-order valence-corrected chi connectivity index (χ1v) is 5.48. The minimum atomic E-state index is 0.266. The maximum Gasteiger partial charge on any atom is 0.107 e. The van der Waals surface area contributed by atoms with Crippen LogP contribution in [0.1, 0.15) is 29.6 Å². The molecule has 72 valence electrons. The van der Waals surface area contributed by atoms with Gasteiger partial charge in [-0.25, -0.2) is 4.98 Å². The van der Waals surface area contributed by atoms with E-state index in [0.29, 0.717) is 0 Å². The molecule has 0 radical (unpaired) electrons. The number of hydrogen-bond acceptors (Lipinski definition) is 4. The van der Waals surface area contributed by atoms with E-state index in [4.69, 9.17) is 4.74 Å². The monoisotopic (exact) mass is 198 g/mol. The predicted octanol–water partition coefficient (Wildman–Crippen LogP) is 1.71. The van der Waals surface area contributed by atoms with Gasteiger partial charge in [-0.2, -0.15) is 0 Å². The molecular weight excluding hydrogens is 184 g/mol. The number of ether oxygens (including phenoxy) is 1. The van der Waals surface area contributed by atoms with Crippen molar-refractivity contribution in [1.82, 2.24) is 10.3 Å². The van der Waals surface area contributed by atoms with Gasteiger partial charge in [0.05, 0.1) is 5.69 Å². The Bertz CT molecular complexity index is 268. The number of nitrogens with one attached hydrogen (secondary N) is 1. The van der Waals surface area contributed by atoms with E-state index in [9.17, 15) is 0 Å². The fourth-order valence-electron chi connectivity index (χ4n) is 1.52. The Morgan fingerprint density at radius 2 is 2.69 bits per heavy atom. The average molecular weight is 198 g/mol. The van der Waals surface area contributed by atoms with Crippen LogP contribution in [-0.2, 0) is 11.3 Å². The van der Waals surface area contributed by atoms with E-state index < -0.39 is 0 Å². The zero-order chi connectivity index (χ0) is 9.10. The van der Waals surface area contributed by atoms with Crippen LogP contribution in [0.4, 0.5) is 0 Å². The third-order valence-electron chi connectivity index (χ3n) is 2.16. The molecule has 0 spiro atoms. The van der Waals surface area contributed by atoms with E-state index in [2.05, 4.69) is 15.7 Å². The summed E-state index contributed by atoms with van der Waals surface area (Å²) in [5.41, 5.74) is 1.12. The minimum Gasteiger partial charge on any atom is -0.372 e. The molecule has 2 heterocycles. The molecule has 0 aromatic carbocycles. The summed E-state index contributed by atoms with van der Waals surface area (Å²) in [5, 5.41) is 6.36. The normalized spacial score (nSPS) is 22.4. The number of rotatable bonds is 3. The molecule has 3 nitrogen and oxygen atoms in total. The van der Waals surface area contributed by atoms with E-state index in [1.54, 1.807) is 11.3 Å². The zero-order valence-corrected chi connectivity index (χ0v) is 8.56. The van der Waals surface area contributed by atoms with E-state index in [1.807, 2.05) is 7.05 Å². The number of thiazole rings is 1. The number of aromatic nitrogens is 1. The summed E-state index contributed by atoms with van der Waals surface area (Å²) in [7, 11) is 1.94. The highest BCUT2D eigenvalue weighted by Crippen LogP contribution is 2.28. The molecule has 1 aliphatic heterocycles. The van der Waals surface area contributed by atoms with Gasteiger partial charge in [-0.1, -0.05) is 0 Å². The Kier molecular flexibility index (Phi) is 2.93.